The SMILES string of the molecule is O=C1CCC(c2cnc(CCS(=O)(=O)O)c(F)c2)C(=O)N1. The Labute approximate surface area is 120 Å². The predicted molar refractivity (Wildman–Crippen MR) is 69.4 cm³/mol. The first-order valence-electron chi connectivity index (χ1n) is 6.19. The second-order valence-corrected chi connectivity index (χ2v) is 6.31. The molecule has 7 nitrogen and oxygen atoms in total. The Bertz CT molecular complexity index is 689. The van der Waals surface area contributed by atoms with Gasteiger partial charge in [0.05, 0.1) is 17.4 Å². The summed E-state index contributed by atoms with van der Waals surface area (Å²) in [4.78, 5) is 26.5. The van der Waals surface area contributed by atoms with Gasteiger partial charge in [-0.3, -0.25) is 24.4 Å². The second kappa shape index (κ2) is 5.86. The second-order valence-electron chi connectivity index (χ2n) is 4.74. The molecule has 114 valence electrons. The molecule has 1 fully saturated rings. The van der Waals surface area contributed by atoms with Crippen LogP contribution in [0.15, 0.2) is 12.3 Å². The number of aryl methyl sites for hydroxylation is 1. The Hall–Kier alpha value is -1.87. The molecule has 1 aliphatic rings. The van der Waals surface area contributed by atoms with Gasteiger partial charge in [0.15, 0.2) is 0 Å². The molecule has 1 aromatic heterocycles. The highest BCUT2D eigenvalue weighted by molar-refractivity contribution is 7.85. The van der Waals surface area contributed by atoms with E-state index < -0.39 is 33.5 Å². The van der Waals surface area contributed by atoms with Gasteiger partial charge in [-0.05, 0) is 18.1 Å². The van der Waals surface area contributed by atoms with Crippen LogP contribution in [0.2, 0.25) is 0 Å². The number of pyridine rings is 1. The van der Waals surface area contributed by atoms with E-state index in [1.54, 1.807) is 0 Å². The van der Waals surface area contributed by atoms with Gasteiger partial charge in [0.25, 0.3) is 10.1 Å². The summed E-state index contributed by atoms with van der Waals surface area (Å²) in [6.07, 6.45) is 1.46. The highest BCUT2D eigenvalue weighted by Crippen LogP contribution is 2.25. The van der Waals surface area contributed by atoms with Gasteiger partial charge in [0, 0.05) is 19.0 Å². The maximum atomic E-state index is 13.8. The highest BCUT2D eigenvalue weighted by atomic mass is 32.2. The van der Waals surface area contributed by atoms with E-state index in [0.29, 0.717) is 5.56 Å². The van der Waals surface area contributed by atoms with Gasteiger partial charge in [0.1, 0.15) is 5.82 Å². The number of halogens is 1. The van der Waals surface area contributed by atoms with Crippen LogP contribution in [0, 0.1) is 5.82 Å². The van der Waals surface area contributed by atoms with E-state index in [-0.39, 0.29) is 30.9 Å². The van der Waals surface area contributed by atoms with E-state index >= 15 is 0 Å². The van der Waals surface area contributed by atoms with Crippen molar-refractivity contribution in [2.24, 2.45) is 0 Å². The van der Waals surface area contributed by atoms with Crippen LogP contribution in [-0.2, 0) is 26.1 Å². The van der Waals surface area contributed by atoms with Gasteiger partial charge in [-0.1, -0.05) is 0 Å². The molecule has 0 bridgehead atoms. The highest BCUT2D eigenvalue weighted by Gasteiger charge is 2.28. The minimum Gasteiger partial charge on any atom is -0.296 e. The molecule has 21 heavy (non-hydrogen) atoms. The van der Waals surface area contributed by atoms with Gasteiger partial charge in [-0.25, -0.2) is 4.39 Å². The predicted octanol–water partition coefficient (Wildman–Crippen LogP) is 0.171. The summed E-state index contributed by atoms with van der Waals surface area (Å²) in [5.41, 5.74) is 0.219. The third-order valence-corrected chi connectivity index (χ3v) is 3.90. The molecule has 1 unspecified atom stereocenters. The summed E-state index contributed by atoms with van der Waals surface area (Å²) in [6, 6.07) is 1.10. The molecule has 1 saturated heterocycles. The van der Waals surface area contributed by atoms with Crippen LogP contribution in [0.3, 0.4) is 0 Å². The van der Waals surface area contributed by atoms with Gasteiger partial charge < -0.3 is 0 Å². The maximum absolute atomic E-state index is 13.8. The van der Waals surface area contributed by atoms with E-state index in [9.17, 15) is 22.4 Å². The third-order valence-electron chi connectivity index (χ3n) is 3.18. The molecule has 0 aromatic carbocycles. The lowest BCUT2D eigenvalue weighted by molar-refractivity contribution is -0.134. The van der Waals surface area contributed by atoms with Crippen LogP contribution in [0.25, 0.3) is 0 Å². The molecule has 0 spiro atoms. The number of nitrogens with zero attached hydrogens (tertiary/aromatic N) is 1. The van der Waals surface area contributed by atoms with Crippen LogP contribution in [0.4, 0.5) is 4.39 Å². The summed E-state index contributed by atoms with van der Waals surface area (Å²) < 4.78 is 43.7. The molecule has 0 radical (unpaired) electrons. The maximum Gasteiger partial charge on any atom is 0.265 e. The lowest BCUT2D eigenvalue weighted by Gasteiger charge is -2.21. The minimum absolute atomic E-state index is 0.108. The molecule has 9 heteroatoms. The molecule has 1 aromatic rings. The Morgan fingerprint density at radius 3 is 2.71 bits per heavy atom. The van der Waals surface area contributed by atoms with Crippen molar-refractivity contribution in [2.75, 3.05) is 5.75 Å². The molecule has 2 amide bonds. The van der Waals surface area contributed by atoms with Crippen LogP contribution in [0.1, 0.15) is 30.0 Å². The van der Waals surface area contributed by atoms with Crippen LogP contribution < -0.4 is 5.32 Å². The normalized spacial score (nSPS) is 19.4. The smallest absolute Gasteiger partial charge is 0.265 e. The fourth-order valence-electron chi connectivity index (χ4n) is 2.09. The average Bonchev–Trinajstić information content (AvgIpc) is 2.36. The fraction of sp³-hybridized carbons (Fsp3) is 0.417. The van der Waals surface area contributed by atoms with Crippen molar-refractivity contribution >= 4 is 21.9 Å². The monoisotopic (exact) mass is 316 g/mol. The van der Waals surface area contributed by atoms with E-state index in [1.165, 1.54) is 6.20 Å². The van der Waals surface area contributed by atoms with Crippen LogP contribution in [0.5, 0.6) is 0 Å². The Balaban J connectivity index is 2.15. The van der Waals surface area contributed by atoms with Crippen molar-refractivity contribution in [1.29, 1.82) is 0 Å². The lowest BCUT2D eigenvalue weighted by atomic mass is 9.91. The van der Waals surface area contributed by atoms with Crippen molar-refractivity contribution < 1.29 is 27.0 Å². The summed E-state index contributed by atoms with van der Waals surface area (Å²) in [7, 11) is -4.19. The quantitative estimate of drug-likeness (QED) is 0.605. The number of rotatable bonds is 4. The lowest BCUT2D eigenvalue weighted by Crippen LogP contribution is -2.39. The molecule has 0 saturated carbocycles. The number of imide groups is 1. The molecule has 2 heterocycles. The average molecular weight is 316 g/mol. The minimum atomic E-state index is -4.19. The topological polar surface area (TPSA) is 113 Å². The summed E-state index contributed by atoms with van der Waals surface area (Å²) in [6.45, 7) is 0. The van der Waals surface area contributed by atoms with E-state index in [2.05, 4.69) is 10.3 Å². The number of nitrogens with one attached hydrogen (secondary N) is 1. The van der Waals surface area contributed by atoms with Crippen molar-refractivity contribution in [1.82, 2.24) is 10.3 Å². The molecule has 2 N–H and O–H groups in total. The number of hydrogen-bond donors (Lipinski definition) is 2. The Morgan fingerprint density at radius 2 is 2.14 bits per heavy atom. The van der Waals surface area contributed by atoms with Crippen LogP contribution >= 0.6 is 0 Å². The first-order chi connectivity index (χ1) is 9.76. The summed E-state index contributed by atoms with van der Waals surface area (Å²) in [5, 5.41) is 2.17. The molecule has 2 rings (SSSR count). The standard InChI is InChI=1S/C12H13FN2O5S/c13-9-5-7(8-1-2-11(16)15-12(8)17)6-14-10(9)3-4-21(18,19)20/h5-6,8H,1-4H2,(H,15,16,17)(H,18,19,20). The van der Waals surface area contributed by atoms with Gasteiger partial charge in [-0.2, -0.15) is 8.42 Å². The van der Waals surface area contributed by atoms with Crippen molar-refractivity contribution in [3.63, 3.8) is 0 Å². The van der Waals surface area contributed by atoms with Crippen molar-refractivity contribution in [3.05, 3.63) is 29.3 Å². The first kappa shape index (κ1) is 15.5. The zero-order chi connectivity index (χ0) is 15.6. The molecule has 0 aliphatic carbocycles. The number of piperidine rings is 1. The number of amides is 2. The summed E-state index contributed by atoms with van der Waals surface area (Å²) >= 11 is 0. The largest absolute Gasteiger partial charge is 0.296 e. The fourth-order valence-corrected chi connectivity index (χ4v) is 2.54. The van der Waals surface area contributed by atoms with E-state index in [4.69, 9.17) is 4.55 Å². The van der Waals surface area contributed by atoms with Gasteiger partial charge >= 0.3 is 0 Å². The number of carbonyl (C=O) groups excluding carboxylic acids is 2. The van der Waals surface area contributed by atoms with Gasteiger partial charge in [0.2, 0.25) is 11.8 Å². The first-order valence-corrected chi connectivity index (χ1v) is 7.80. The zero-order valence-corrected chi connectivity index (χ0v) is 11.7. The van der Waals surface area contributed by atoms with Crippen molar-refractivity contribution in [2.45, 2.75) is 25.2 Å². The Morgan fingerprint density at radius 1 is 1.43 bits per heavy atom. The third kappa shape index (κ3) is 4.05. The molecular formula is C12H13FN2O5S. The van der Waals surface area contributed by atoms with E-state index in [1.807, 2.05) is 0 Å². The molecular weight excluding hydrogens is 303 g/mol. The molecule has 1 aliphatic heterocycles. The van der Waals surface area contributed by atoms with Crippen LogP contribution in [-0.4, -0.2) is 35.5 Å². The number of hydrogen-bond acceptors (Lipinski definition) is 5. The van der Waals surface area contributed by atoms with E-state index in [0.717, 1.165) is 6.07 Å². The van der Waals surface area contributed by atoms with Gasteiger partial charge in [-0.15, -0.1) is 0 Å². The van der Waals surface area contributed by atoms with Crippen molar-refractivity contribution in [3.8, 4) is 0 Å². The summed E-state index contributed by atoms with van der Waals surface area (Å²) in [5.74, 6) is -2.90. The number of aromatic nitrogens is 1. The molecule has 1 atom stereocenters. The number of carbonyl (C=O) groups is 2. The Kier molecular flexibility index (Phi) is 4.33. The zero-order valence-electron chi connectivity index (χ0n) is 10.9.